The van der Waals surface area contributed by atoms with Crippen LogP contribution in [-0.2, 0) is 4.79 Å². The molecule has 5 nitrogen and oxygen atoms in total. The molecular formula is C14H23N3O2. The molecule has 0 saturated heterocycles. The molecule has 0 spiro atoms. The molecule has 1 rings (SSSR count). The van der Waals surface area contributed by atoms with Crippen molar-refractivity contribution in [3.05, 3.63) is 18.2 Å². The van der Waals surface area contributed by atoms with E-state index in [-0.39, 0.29) is 5.91 Å². The van der Waals surface area contributed by atoms with Gasteiger partial charge in [-0.1, -0.05) is 6.92 Å². The van der Waals surface area contributed by atoms with Crippen molar-refractivity contribution < 1.29 is 9.53 Å². The third-order valence-corrected chi connectivity index (χ3v) is 2.78. The van der Waals surface area contributed by atoms with Crippen molar-refractivity contribution in [2.75, 3.05) is 30.3 Å². The van der Waals surface area contributed by atoms with Gasteiger partial charge in [-0.15, -0.1) is 0 Å². The molecule has 0 saturated carbocycles. The molecule has 0 bridgehead atoms. The highest BCUT2D eigenvalue weighted by Gasteiger charge is 2.10. The molecular weight excluding hydrogens is 242 g/mol. The summed E-state index contributed by atoms with van der Waals surface area (Å²) in [5.41, 5.74) is 12.7. The number of primary amides is 1. The van der Waals surface area contributed by atoms with Crippen LogP contribution in [0.1, 0.15) is 26.7 Å². The van der Waals surface area contributed by atoms with Crippen LogP contribution in [0.15, 0.2) is 18.2 Å². The highest BCUT2D eigenvalue weighted by atomic mass is 16.5. The van der Waals surface area contributed by atoms with E-state index in [1.54, 1.807) is 0 Å². The van der Waals surface area contributed by atoms with Gasteiger partial charge >= 0.3 is 0 Å². The Labute approximate surface area is 114 Å². The largest absolute Gasteiger partial charge is 0.492 e. The quantitative estimate of drug-likeness (QED) is 0.702. The molecule has 0 heterocycles. The van der Waals surface area contributed by atoms with Gasteiger partial charge in [0.15, 0.2) is 0 Å². The Morgan fingerprint density at radius 2 is 2.05 bits per heavy atom. The zero-order valence-corrected chi connectivity index (χ0v) is 11.7. The van der Waals surface area contributed by atoms with E-state index in [0.29, 0.717) is 31.0 Å². The zero-order valence-electron chi connectivity index (χ0n) is 11.7. The van der Waals surface area contributed by atoms with Crippen molar-refractivity contribution in [2.45, 2.75) is 26.7 Å². The maximum Gasteiger partial charge on any atom is 0.219 e. The van der Waals surface area contributed by atoms with Crippen LogP contribution in [0.4, 0.5) is 11.4 Å². The highest BCUT2D eigenvalue weighted by molar-refractivity contribution is 5.74. The van der Waals surface area contributed by atoms with Gasteiger partial charge in [-0.25, -0.2) is 0 Å². The SMILES string of the molecule is CCCN(CCC(N)=O)c1ccc(N)c(OCC)c1. The van der Waals surface area contributed by atoms with Gasteiger partial charge in [0.25, 0.3) is 0 Å². The van der Waals surface area contributed by atoms with Crippen molar-refractivity contribution in [3.8, 4) is 5.75 Å². The summed E-state index contributed by atoms with van der Waals surface area (Å²) in [4.78, 5) is 13.0. The number of benzene rings is 1. The van der Waals surface area contributed by atoms with Crippen LogP contribution in [0.25, 0.3) is 0 Å². The van der Waals surface area contributed by atoms with E-state index < -0.39 is 0 Å². The summed E-state index contributed by atoms with van der Waals surface area (Å²) >= 11 is 0. The lowest BCUT2D eigenvalue weighted by Crippen LogP contribution is -2.28. The van der Waals surface area contributed by atoms with Crippen molar-refractivity contribution in [3.63, 3.8) is 0 Å². The van der Waals surface area contributed by atoms with Crippen LogP contribution in [0.3, 0.4) is 0 Å². The second-order valence-electron chi connectivity index (χ2n) is 4.36. The fraction of sp³-hybridized carbons (Fsp3) is 0.500. The number of carbonyl (C=O) groups is 1. The summed E-state index contributed by atoms with van der Waals surface area (Å²) in [5.74, 6) is 0.391. The van der Waals surface area contributed by atoms with Crippen molar-refractivity contribution >= 4 is 17.3 Å². The molecule has 0 radical (unpaired) electrons. The molecule has 0 aliphatic heterocycles. The topological polar surface area (TPSA) is 81.6 Å². The molecule has 1 amide bonds. The first-order valence-corrected chi connectivity index (χ1v) is 6.64. The average molecular weight is 265 g/mol. The van der Waals surface area contributed by atoms with Gasteiger partial charge < -0.3 is 21.1 Å². The third kappa shape index (κ3) is 4.69. The van der Waals surface area contributed by atoms with E-state index in [9.17, 15) is 4.79 Å². The van der Waals surface area contributed by atoms with Gasteiger partial charge in [0.1, 0.15) is 5.75 Å². The maximum atomic E-state index is 10.9. The number of nitrogen functional groups attached to an aromatic ring is 1. The van der Waals surface area contributed by atoms with E-state index >= 15 is 0 Å². The molecule has 0 aromatic heterocycles. The lowest BCUT2D eigenvalue weighted by molar-refractivity contribution is -0.117. The molecule has 1 aromatic carbocycles. The lowest BCUT2D eigenvalue weighted by atomic mass is 10.2. The third-order valence-electron chi connectivity index (χ3n) is 2.78. The molecule has 5 heteroatoms. The molecule has 106 valence electrons. The van der Waals surface area contributed by atoms with Crippen LogP contribution in [0, 0.1) is 0 Å². The second kappa shape index (κ2) is 7.51. The van der Waals surface area contributed by atoms with Crippen LogP contribution < -0.4 is 21.1 Å². The van der Waals surface area contributed by atoms with E-state index in [2.05, 4.69) is 11.8 Å². The minimum Gasteiger partial charge on any atom is -0.492 e. The molecule has 0 aliphatic carbocycles. The molecule has 0 aliphatic rings. The Hall–Kier alpha value is -1.91. The fourth-order valence-corrected chi connectivity index (χ4v) is 1.89. The summed E-state index contributed by atoms with van der Waals surface area (Å²) in [5, 5.41) is 0. The zero-order chi connectivity index (χ0) is 14.3. The van der Waals surface area contributed by atoms with Gasteiger partial charge in [-0.2, -0.15) is 0 Å². The normalized spacial score (nSPS) is 10.2. The molecule has 0 unspecified atom stereocenters. The number of carbonyl (C=O) groups excluding carboxylic acids is 1. The van der Waals surface area contributed by atoms with Crippen molar-refractivity contribution in [1.29, 1.82) is 0 Å². The summed E-state index contributed by atoms with van der Waals surface area (Å²) in [7, 11) is 0. The number of nitrogens with zero attached hydrogens (tertiary/aromatic N) is 1. The highest BCUT2D eigenvalue weighted by Crippen LogP contribution is 2.28. The second-order valence-corrected chi connectivity index (χ2v) is 4.36. The smallest absolute Gasteiger partial charge is 0.219 e. The van der Waals surface area contributed by atoms with Crippen molar-refractivity contribution in [2.24, 2.45) is 5.73 Å². The minimum atomic E-state index is -0.290. The number of ether oxygens (including phenoxy) is 1. The Balaban J connectivity index is 2.88. The van der Waals surface area contributed by atoms with Gasteiger partial charge in [0, 0.05) is 31.3 Å². The molecule has 0 atom stereocenters. The van der Waals surface area contributed by atoms with Gasteiger partial charge in [0.2, 0.25) is 5.91 Å². The molecule has 1 aromatic rings. The summed E-state index contributed by atoms with van der Waals surface area (Å²) in [6, 6.07) is 5.68. The molecule has 4 N–H and O–H groups in total. The van der Waals surface area contributed by atoms with Crippen LogP contribution >= 0.6 is 0 Å². The fourth-order valence-electron chi connectivity index (χ4n) is 1.89. The number of rotatable bonds is 8. The first-order chi connectivity index (χ1) is 9.08. The van der Waals surface area contributed by atoms with Crippen LogP contribution in [0.2, 0.25) is 0 Å². The van der Waals surface area contributed by atoms with E-state index in [1.165, 1.54) is 0 Å². The van der Waals surface area contributed by atoms with E-state index in [4.69, 9.17) is 16.2 Å². The van der Waals surface area contributed by atoms with Crippen LogP contribution in [0.5, 0.6) is 5.75 Å². The molecule has 0 fully saturated rings. The Morgan fingerprint density at radius 3 is 2.63 bits per heavy atom. The number of anilines is 2. The standard InChI is InChI=1S/C14H23N3O2/c1-3-8-17(9-7-14(16)18)11-5-6-12(15)13(10-11)19-4-2/h5-6,10H,3-4,7-9,15H2,1-2H3,(H2,16,18). The van der Waals surface area contributed by atoms with Gasteiger partial charge in [0.05, 0.1) is 12.3 Å². The Morgan fingerprint density at radius 1 is 1.32 bits per heavy atom. The maximum absolute atomic E-state index is 10.9. The van der Waals surface area contributed by atoms with E-state index in [1.807, 2.05) is 25.1 Å². The number of hydrogen-bond acceptors (Lipinski definition) is 4. The lowest BCUT2D eigenvalue weighted by Gasteiger charge is -2.24. The summed E-state index contributed by atoms with van der Waals surface area (Å²) in [6.07, 6.45) is 1.33. The Kier molecular flexibility index (Phi) is 5.99. The average Bonchev–Trinajstić information content (AvgIpc) is 2.37. The predicted octanol–water partition coefficient (Wildman–Crippen LogP) is 1.76. The minimum absolute atomic E-state index is 0.290. The van der Waals surface area contributed by atoms with Crippen LogP contribution in [-0.4, -0.2) is 25.6 Å². The summed E-state index contributed by atoms with van der Waals surface area (Å²) < 4.78 is 5.49. The number of amides is 1. The first-order valence-electron chi connectivity index (χ1n) is 6.64. The summed E-state index contributed by atoms with van der Waals surface area (Å²) in [6.45, 7) is 6.06. The Bertz CT molecular complexity index is 421. The predicted molar refractivity (Wildman–Crippen MR) is 78.3 cm³/mol. The van der Waals surface area contributed by atoms with Crippen molar-refractivity contribution in [1.82, 2.24) is 0 Å². The van der Waals surface area contributed by atoms with E-state index in [0.717, 1.165) is 18.7 Å². The molecule has 19 heavy (non-hydrogen) atoms. The number of hydrogen-bond donors (Lipinski definition) is 2. The first kappa shape index (κ1) is 15.1. The van der Waals surface area contributed by atoms with Gasteiger partial charge in [-0.05, 0) is 25.5 Å². The number of nitrogens with two attached hydrogens (primary N) is 2. The monoisotopic (exact) mass is 265 g/mol. The van der Waals surface area contributed by atoms with Gasteiger partial charge in [-0.3, -0.25) is 4.79 Å².